The van der Waals surface area contributed by atoms with Crippen molar-refractivity contribution in [2.45, 2.75) is 33.4 Å². The van der Waals surface area contributed by atoms with Crippen LogP contribution in [0.3, 0.4) is 0 Å². The molecule has 2 rings (SSSR count). The van der Waals surface area contributed by atoms with Crippen molar-refractivity contribution >= 4 is 0 Å². The van der Waals surface area contributed by atoms with E-state index in [9.17, 15) is 4.79 Å². The van der Waals surface area contributed by atoms with Gasteiger partial charge in [0.25, 0.3) is 5.56 Å². The number of aromatic amines is 1. The van der Waals surface area contributed by atoms with Gasteiger partial charge in [-0.1, -0.05) is 13.8 Å². The second kappa shape index (κ2) is 5.18. The Kier molecular flexibility index (Phi) is 3.62. The van der Waals surface area contributed by atoms with Crippen LogP contribution in [0.4, 0.5) is 0 Å². The Morgan fingerprint density at radius 1 is 1.50 bits per heavy atom. The van der Waals surface area contributed by atoms with Crippen molar-refractivity contribution < 1.29 is 4.42 Å². The van der Waals surface area contributed by atoms with E-state index in [1.54, 1.807) is 12.3 Å². The summed E-state index contributed by atoms with van der Waals surface area (Å²) < 4.78 is 5.22. The zero-order chi connectivity index (χ0) is 13.1. The summed E-state index contributed by atoms with van der Waals surface area (Å²) in [5.74, 6) is 1.29. The van der Waals surface area contributed by atoms with Gasteiger partial charge >= 0.3 is 0 Å². The molecule has 2 aromatic heterocycles. The first-order chi connectivity index (χ1) is 8.56. The summed E-state index contributed by atoms with van der Waals surface area (Å²) in [6, 6.07) is 3.66. The highest BCUT2D eigenvalue weighted by atomic mass is 16.3. The van der Waals surface area contributed by atoms with Crippen molar-refractivity contribution in [3.05, 3.63) is 40.2 Å². The maximum Gasteiger partial charge on any atom is 0.251 e. The van der Waals surface area contributed by atoms with Crippen LogP contribution < -0.4 is 10.9 Å². The van der Waals surface area contributed by atoms with Crippen LogP contribution in [0.15, 0.2) is 27.6 Å². The largest absolute Gasteiger partial charge is 0.469 e. The first-order valence-electron chi connectivity index (χ1n) is 5.94. The maximum absolute atomic E-state index is 11.6. The van der Waals surface area contributed by atoms with Gasteiger partial charge in [0.2, 0.25) is 0 Å². The minimum absolute atomic E-state index is 0.152. The Morgan fingerprint density at radius 3 is 2.89 bits per heavy atom. The van der Waals surface area contributed by atoms with E-state index in [-0.39, 0.29) is 5.56 Å². The van der Waals surface area contributed by atoms with Gasteiger partial charge in [-0.15, -0.1) is 0 Å². The number of hydrogen-bond acceptors (Lipinski definition) is 4. The highest BCUT2D eigenvalue weighted by molar-refractivity contribution is 5.56. The fourth-order valence-electron chi connectivity index (χ4n) is 1.67. The zero-order valence-electron chi connectivity index (χ0n) is 10.8. The second-order valence-electron chi connectivity index (χ2n) is 4.51. The van der Waals surface area contributed by atoms with Gasteiger partial charge in [-0.2, -0.15) is 0 Å². The van der Waals surface area contributed by atoms with Crippen LogP contribution in [-0.2, 0) is 6.54 Å². The summed E-state index contributed by atoms with van der Waals surface area (Å²) in [6.07, 6.45) is 1.59. The molecule has 0 aliphatic carbocycles. The van der Waals surface area contributed by atoms with Crippen LogP contribution in [0.1, 0.15) is 25.3 Å². The third-order valence-electron chi connectivity index (χ3n) is 2.60. The SMILES string of the molecule is Cc1occc1-c1nc(CNC(C)C)cc(=O)[nH]1. The molecule has 0 fully saturated rings. The highest BCUT2D eigenvalue weighted by Crippen LogP contribution is 2.19. The van der Waals surface area contributed by atoms with Crippen molar-refractivity contribution in [2.75, 3.05) is 0 Å². The molecule has 0 spiro atoms. The van der Waals surface area contributed by atoms with Crippen molar-refractivity contribution in [3.8, 4) is 11.4 Å². The number of rotatable bonds is 4. The molecular weight excluding hydrogens is 230 g/mol. The Morgan fingerprint density at radius 2 is 2.28 bits per heavy atom. The van der Waals surface area contributed by atoms with E-state index in [1.807, 2.05) is 20.8 Å². The molecule has 0 radical (unpaired) electrons. The maximum atomic E-state index is 11.6. The standard InChI is InChI=1S/C13H17N3O2/c1-8(2)14-7-10-6-12(17)16-13(15-10)11-4-5-18-9(11)3/h4-6,8,14H,7H2,1-3H3,(H,15,16,17). The molecule has 0 aliphatic rings. The molecular formula is C13H17N3O2. The second-order valence-corrected chi connectivity index (χ2v) is 4.51. The van der Waals surface area contributed by atoms with Crippen LogP contribution in [0.2, 0.25) is 0 Å². The number of aryl methyl sites for hydroxylation is 1. The summed E-state index contributed by atoms with van der Waals surface area (Å²) in [7, 11) is 0. The monoisotopic (exact) mass is 247 g/mol. The minimum Gasteiger partial charge on any atom is -0.469 e. The predicted molar refractivity (Wildman–Crippen MR) is 69.3 cm³/mol. The topological polar surface area (TPSA) is 70.9 Å². The Balaban J connectivity index is 2.33. The molecule has 0 unspecified atom stereocenters. The smallest absolute Gasteiger partial charge is 0.251 e. The molecule has 2 aromatic rings. The fourth-order valence-corrected chi connectivity index (χ4v) is 1.67. The number of nitrogens with one attached hydrogen (secondary N) is 2. The van der Waals surface area contributed by atoms with Gasteiger partial charge in [0, 0.05) is 18.7 Å². The Hall–Kier alpha value is -1.88. The fraction of sp³-hybridized carbons (Fsp3) is 0.385. The summed E-state index contributed by atoms with van der Waals surface area (Å²) in [5, 5.41) is 3.24. The van der Waals surface area contributed by atoms with Crippen molar-refractivity contribution in [1.82, 2.24) is 15.3 Å². The Bertz CT molecular complexity index is 584. The molecule has 0 amide bonds. The van der Waals surface area contributed by atoms with Crippen LogP contribution in [0, 0.1) is 6.92 Å². The summed E-state index contributed by atoms with van der Waals surface area (Å²) in [6.45, 7) is 6.52. The number of nitrogens with zero attached hydrogens (tertiary/aromatic N) is 1. The molecule has 18 heavy (non-hydrogen) atoms. The van der Waals surface area contributed by atoms with Gasteiger partial charge in [0.1, 0.15) is 11.6 Å². The molecule has 0 aliphatic heterocycles. The highest BCUT2D eigenvalue weighted by Gasteiger charge is 2.09. The summed E-state index contributed by atoms with van der Waals surface area (Å²) in [4.78, 5) is 18.8. The number of aromatic nitrogens is 2. The number of hydrogen-bond donors (Lipinski definition) is 2. The average Bonchev–Trinajstić information content (AvgIpc) is 2.72. The quantitative estimate of drug-likeness (QED) is 0.864. The first kappa shape index (κ1) is 12.6. The Labute approximate surface area is 105 Å². The normalized spacial score (nSPS) is 11.1. The van der Waals surface area contributed by atoms with E-state index >= 15 is 0 Å². The van der Waals surface area contributed by atoms with E-state index in [4.69, 9.17) is 4.42 Å². The average molecular weight is 247 g/mol. The van der Waals surface area contributed by atoms with Gasteiger partial charge in [-0.25, -0.2) is 4.98 Å². The van der Waals surface area contributed by atoms with E-state index in [2.05, 4.69) is 15.3 Å². The molecule has 2 heterocycles. The van der Waals surface area contributed by atoms with Crippen LogP contribution in [-0.4, -0.2) is 16.0 Å². The third-order valence-corrected chi connectivity index (χ3v) is 2.60. The van der Waals surface area contributed by atoms with Gasteiger partial charge in [0.05, 0.1) is 17.5 Å². The predicted octanol–water partition coefficient (Wildman–Crippen LogP) is 1.84. The van der Waals surface area contributed by atoms with Crippen molar-refractivity contribution in [2.24, 2.45) is 0 Å². The van der Waals surface area contributed by atoms with E-state index in [0.29, 0.717) is 18.4 Å². The van der Waals surface area contributed by atoms with Gasteiger partial charge in [-0.05, 0) is 13.0 Å². The summed E-state index contributed by atoms with van der Waals surface area (Å²) in [5.41, 5.74) is 1.39. The zero-order valence-corrected chi connectivity index (χ0v) is 10.8. The lowest BCUT2D eigenvalue weighted by Crippen LogP contribution is -2.24. The number of furan rings is 1. The minimum atomic E-state index is -0.152. The number of H-pyrrole nitrogens is 1. The van der Waals surface area contributed by atoms with Crippen molar-refractivity contribution in [1.29, 1.82) is 0 Å². The van der Waals surface area contributed by atoms with Crippen LogP contribution >= 0.6 is 0 Å². The van der Waals surface area contributed by atoms with E-state index in [1.165, 1.54) is 6.07 Å². The molecule has 0 bridgehead atoms. The van der Waals surface area contributed by atoms with E-state index < -0.39 is 0 Å². The van der Waals surface area contributed by atoms with Crippen LogP contribution in [0.5, 0.6) is 0 Å². The van der Waals surface area contributed by atoms with Crippen molar-refractivity contribution in [3.63, 3.8) is 0 Å². The van der Waals surface area contributed by atoms with Gasteiger partial charge in [-0.3, -0.25) is 4.79 Å². The molecule has 96 valence electrons. The lowest BCUT2D eigenvalue weighted by Gasteiger charge is -2.08. The first-order valence-corrected chi connectivity index (χ1v) is 5.94. The molecule has 0 atom stereocenters. The lowest BCUT2D eigenvalue weighted by molar-refractivity contribution is 0.535. The van der Waals surface area contributed by atoms with Gasteiger partial charge in [0.15, 0.2) is 0 Å². The van der Waals surface area contributed by atoms with E-state index in [0.717, 1.165) is 17.0 Å². The molecule has 5 heteroatoms. The molecule has 5 nitrogen and oxygen atoms in total. The van der Waals surface area contributed by atoms with Crippen LogP contribution in [0.25, 0.3) is 11.4 Å². The van der Waals surface area contributed by atoms with Gasteiger partial charge < -0.3 is 14.7 Å². The summed E-state index contributed by atoms with van der Waals surface area (Å²) >= 11 is 0. The molecule has 0 saturated heterocycles. The molecule has 0 saturated carbocycles. The lowest BCUT2D eigenvalue weighted by atomic mass is 10.2. The molecule has 2 N–H and O–H groups in total. The third kappa shape index (κ3) is 2.87. The molecule has 0 aromatic carbocycles.